The summed E-state index contributed by atoms with van der Waals surface area (Å²) >= 11 is 0. The number of hydrogen-bond donors (Lipinski definition) is 2. The van der Waals surface area contributed by atoms with Crippen LogP contribution in [-0.4, -0.2) is 78.6 Å². The monoisotopic (exact) mass is 397 g/mol. The number of unbranched alkanes of at least 4 members (excludes halogenated alkanes) is 4. The second kappa shape index (κ2) is 13.2. The molecule has 0 bridgehead atoms. The fourth-order valence-electron chi connectivity index (χ4n) is 5.56. The number of hydrogen-bond acceptors (Lipinski definition) is 3. The number of aliphatic hydroxyl groups is 2. The standard InChI is InChI=1S/C24H49N2O2/c1-3-4-5-6-7-17-26(20-24(28)21-27)18-13-23(14-19-26)10-8-9-22-11-15-25(2)16-12-22/h22-24,27-28H,3-21H2,1-2H3/q+1. The highest BCUT2D eigenvalue weighted by Gasteiger charge is 2.35. The van der Waals surface area contributed by atoms with Crippen molar-refractivity contribution in [2.24, 2.45) is 11.8 Å². The van der Waals surface area contributed by atoms with Crippen LogP contribution in [0.2, 0.25) is 0 Å². The SMILES string of the molecule is CCCCCCC[N+]1(CC(O)CO)CCC(CCCC2CCN(C)CC2)CC1. The van der Waals surface area contributed by atoms with E-state index in [9.17, 15) is 10.2 Å². The number of rotatable bonds is 13. The Morgan fingerprint density at radius 1 is 0.893 bits per heavy atom. The molecule has 2 aliphatic rings. The molecule has 4 heteroatoms. The molecule has 2 rings (SSSR count). The lowest BCUT2D eigenvalue weighted by molar-refractivity contribution is -0.936. The van der Waals surface area contributed by atoms with Crippen molar-refractivity contribution in [2.45, 2.75) is 90.1 Å². The van der Waals surface area contributed by atoms with Crippen molar-refractivity contribution in [2.75, 3.05) is 52.9 Å². The van der Waals surface area contributed by atoms with Crippen LogP contribution in [0.4, 0.5) is 0 Å². The van der Waals surface area contributed by atoms with Gasteiger partial charge in [-0.1, -0.05) is 45.4 Å². The predicted molar refractivity (Wildman–Crippen MR) is 118 cm³/mol. The van der Waals surface area contributed by atoms with E-state index in [4.69, 9.17) is 0 Å². The maximum atomic E-state index is 10.1. The van der Waals surface area contributed by atoms with E-state index in [-0.39, 0.29) is 6.61 Å². The Morgan fingerprint density at radius 3 is 2.11 bits per heavy atom. The van der Waals surface area contributed by atoms with Gasteiger partial charge in [0.15, 0.2) is 0 Å². The van der Waals surface area contributed by atoms with Gasteiger partial charge >= 0.3 is 0 Å². The summed E-state index contributed by atoms with van der Waals surface area (Å²) in [6, 6.07) is 0. The fraction of sp³-hybridized carbons (Fsp3) is 1.00. The smallest absolute Gasteiger partial charge is 0.126 e. The lowest BCUT2D eigenvalue weighted by atomic mass is 9.86. The predicted octanol–water partition coefficient (Wildman–Crippen LogP) is 4.05. The first-order valence-electron chi connectivity index (χ1n) is 12.4. The van der Waals surface area contributed by atoms with Gasteiger partial charge in [0.25, 0.3) is 0 Å². The van der Waals surface area contributed by atoms with Crippen molar-refractivity contribution in [3.63, 3.8) is 0 Å². The van der Waals surface area contributed by atoms with Gasteiger partial charge in [-0.05, 0) is 70.5 Å². The highest BCUT2D eigenvalue weighted by molar-refractivity contribution is 4.72. The van der Waals surface area contributed by atoms with Gasteiger partial charge in [0.2, 0.25) is 0 Å². The zero-order chi connectivity index (χ0) is 20.2. The van der Waals surface area contributed by atoms with E-state index in [2.05, 4.69) is 18.9 Å². The van der Waals surface area contributed by atoms with Gasteiger partial charge in [0, 0.05) is 0 Å². The number of likely N-dealkylation sites (tertiary alicyclic amines) is 2. The van der Waals surface area contributed by atoms with Crippen LogP contribution in [0.1, 0.15) is 84.0 Å². The van der Waals surface area contributed by atoms with Crippen molar-refractivity contribution in [1.29, 1.82) is 0 Å². The molecule has 2 heterocycles. The van der Waals surface area contributed by atoms with Gasteiger partial charge in [-0.2, -0.15) is 0 Å². The van der Waals surface area contributed by atoms with Crippen molar-refractivity contribution in [3.05, 3.63) is 0 Å². The molecule has 166 valence electrons. The summed E-state index contributed by atoms with van der Waals surface area (Å²) in [4.78, 5) is 2.47. The average Bonchev–Trinajstić information content (AvgIpc) is 2.71. The largest absolute Gasteiger partial charge is 0.393 e. The second-order valence-corrected chi connectivity index (χ2v) is 10.1. The molecule has 0 aromatic rings. The van der Waals surface area contributed by atoms with Gasteiger partial charge in [-0.3, -0.25) is 0 Å². The summed E-state index contributed by atoms with van der Waals surface area (Å²) < 4.78 is 1.05. The van der Waals surface area contributed by atoms with Gasteiger partial charge in [-0.25, -0.2) is 0 Å². The van der Waals surface area contributed by atoms with Crippen LogP contribution in [0.5, 0.6) is 0 Å². The van der Waals surface area contributed by atoms with Crippen LogP contribution < -0.4 is 0 Å². The molecule has 2 fully saturated rings. The lowest BCUT2D eigenvalue weighted by Crippen LogP contribution is -2.57. The summed E-state index contributed by atoms with van der Waals surface area (Å²) in [7, 11) is 2.25. The van der Waals surface area contributed by atoms with Crippen LogP contribution in [0.3, 0.4) is 0 Å². The Kier molecular flexibility index (Phi) is 11.4. The first kappa shape index (κ1) is 24.1. The van der Waals surface area contributed by atoms with E-state index < -0.39 is 6.10 Å². The lowest BCUT2D eigenvalue weighted by Gasteiger charge is -2.45. The molecular weight excluding hydrogens is 348 g/mol. The van der Waals surface area contributed by atoms with E-state index in [0.29, 0.717) is 0 Å². The number of piperidine rings is 2. The van der Waals surface area contributed by atoms with Crippen LogP contribution in [0, 0.1) is 11.8 Å². The first-order valence-corrected chi connectivity index (χ1v) is 12.4. The minimum Gasteiger partial charge on any atom is -0.393 e. The Hall–Kier alpha value is -0.160. The van der Waals surface area contributed by atoms with Crippen molar-refractivity contribution in [1.82, 2.24) is 4.90 Å². The fourth-order valence-corrected chi connectivity index (χ4v) is 5.56. The average molecular weight is 398 g/mol. The summed E-state index contributed by atoms with van der Waals surface area (Å²) in [6.07, 6.45) is 15.7. The molecule has 0 radical (unpaired) electrons. The zero-order valence-corrected chi connectivity index (χ0v) is 19.0. The minimum absolute atomic E-state index is 0.0875. The molecule has 0 spiro atoms. The van der Waals surface area contributed by atoms with Gasteiger partial charge < -0.3 is 19.6 Å². The third-order valence-electron chi connectivity index (χ3n) is 7.63. The van der Waals surface area contributed by atoms with E-state index in [1.165, 1.54) is 110 Å². The third kappa shape index (κ3) is 8.69. The van der Waals surface area contributed by atoms with Crippen molar-refractivity contribution in [3.8, 4) is 0 Å². The molecule has 28 heavy (non-hydrogen) atoms. The third-order valence-corrected chi connectivity index (χ3v) is 7.63. The van der Waals surface area contributed by atoms with E-state index in [1.807, 2.05) is 0 Å². The molecule has 2 N–H and O–H groups in total. The molecule has 4 nitrogen and oxygen atoms in total. The van der Waals surface area contributed by atoms with Gasteiger partial charge in [0.05, 0.1) is 26.2 Å². The topological polar surface area (TPSA) is 43.7 Å². The molecule has 1 atom stereocenters. The van der Waals surface area contributed by atoms with Crippen LogP contribution >= 0.6 is 0 Å². The Bertz CT molecular complexity index is 388. The van der Waals surface area contributed by atoms with Gasteiger partial charge in [-0.15, -0.1) is 0 Å². The Morgan fingerprint density at radius 2 is 1.50 bits per heavy atom. The summed E-state index contributed by atoms with van der Waals surface area (Å²) in [5.41, 5.74) is 0. The maximum absolute atomic E-state index is 10.1. The second-order valence-electron chi connectivity index (χ2n) is 10.1. The highest BCUT2D eigenvalue weighted by Crippen LogP contribution is 2.30. The van der Waals surface area contributed by atoms with Crippen molar-refractivity contribution < 1.29 is 14.7 Å². The molecule has 0 aliphatic carbocycles. The highest BCUT2D eigenvalue weighted by atomic mass is 16.3. The van der Waals surface area contributed by atoms with Crippen LogP contribution in [0.15, 0.2) is 0 Å². The molecule has 0 aromatic heterocycles. The van der Waals surface area contributed by atoms with E-state index >= 15 is 0 Å². The molecule has 0 aromatic carbocycles. The summed E-state index contributed by atoms with van der Waals surface area (Å²) in [6.45, 7) is 9.14. The summed E-state index contributed by atoms with van der Waals surface area (Å²) in [5, 5.41) is 19.5. The molecule has 1 unspecified atom stereocenters. The molecule has 2 aliphatic heterocycles. The normalized spacial score (nSPS) is 28.5. The molecule has 0 amide bonds. The number of quaternary nitrogens is 1. The van der Waals surface area contributed by atoms with E-state index in [0.717, 1.165) is 22.9 Å². The van der Waals surface area contributed by atoms with Crippen LogP contribution in [-0.2, 0) is 0 Å². The zero-order valence-electron chi connectivity index (χ0n) is 19.0. The molecule has 2 saturated heterocycles. The maximum Gasteiger partial charge on any atom is 0.126 e. The van der Waals surface area contributed by atoms with Crippen LogP contribution in [0.25, 0.3) is 0 Å². The quantitative estimate of drug-likeness (QED) is 0.364. The Balaban J connectivity index is 1.69. The first-order chi connectivity index (χ1) is 13.6. The Labute approximate surface area is 174 Å². The van der Waals surface area contributed by atoms with Crippen molar-refractivity contribution >= 4 is 0 Å². The minimum atomic E-state index is -0.545. The number of aliphatic hydroxyl groups excluding tert-OH is 2. The summed E-state index contributed by atoms with van der Waals surface area (Å²) in [5.74, 6) is 1.86. The van der Waals surface area contributed by atoms with Gasteiger partial charge in [0.1, 0.15) is 12.6 Å². The number of nitrogens with zero attached hydrogens (tertiary/aromatic N) is 2. The molecular formula is C24H49N2O2+. The van der Waals surface area contributed by atoms with E-state index in [1.54, 1.807) is 0 Å². The molecule has 0 saturated carbocycles.